The number of hydrogen-bond acceptors (Lipinski definition) is 5. The Kier molecular flexibility index (Phi) is 5.85. The number of benzene rings is 2. The number of methoxy groups -OCH3 is 1. The lowest BCUT2D eigenvalue weighted by Gasteiger charge is -2.36. The third-order valence-electron chi connectivity index (χ3n) is 5.42. The molecule has 1 aliphatic heterocycles. The summed E-state index contributed by atoms with van der Waals surface area (Å²) >= 11 is 5.38. The van der Waals surface area contributed by atoms with E-state index in [1.54, 1.807) is 11.7 Å². The third kappa shape index (κ3) is 4.09. The molecule has 0 spiro atoms. The zero-order valence-electron chi connectivity index (χ0n) is 17.2. The van der Waals surface area contributed by atoms with Crippen molar-refractivity contribution in [2.24, 2.45) is 0 Å². The molecule has 0 atom stereocenters. The molecule has 2 aromatic carbocycles. The summed E-state index contributed by atoms with van der Waals surface area (Å²) in [4.78, 5) is 17.1. The second kappa shape index (κ2) is 8.71. The molecule has 1 aliphatic rings. The molecule has 1 amide bonds. The summed E-state index contributed by atoms with van der Waals surface area (Å²) in [6.07, 6.45) is 0. The summed E-state index contributed by atoms with van der Waals surface area (Å²) in [6.45, 7) is 5.04. The highest BCUT2D eigenvalue weighted by Crippen LogP contribution is 2.28. The first-order valence-electron chi connectivity index (χ1n) is 9.95. The SMILES string of the molecule is COc1ccccc1N1CCN(C(=O)Cn2c(-c3ccc(C)cc3)n[nH]c2=S)CC1. The predicted molar refractivity (Wildman–Crippen MR) is 119 cm³/mol. The van der Waals surface area contributed by atoms with Crippen molar-refractivity contribution in [1.29, 1.82) is 0 Å². The van der Waals surface area contributed by atoms with E-state index in [1.807, 2.05) is 54.3 Å². The predicted octanol–water partition coefficient (Wildman–Crippen LogP) is 3.27. The van der Waals surface area contributed by atoms with E-state index in [2.05, 4.69) is 21.2 Å². The second-order valence-electron chi connectivity index (χ2n) is 7.34. The van der Waals surface area contributed by atoms with Gasteiger partial charge in [-0.2, -0.15) is 5.10 Å². The first kappa shape index (κ1) is 20.2. The fourth-order valence-corrected chi connectivity index (χ4v) is 3.91. The van der Waals surface area contributed by atoms with E-state index in [1.165, 1.54) is 5.56 Å². The average Bonchev–Trinajstić information content (AvgIpc) is 3.14. The molecular formula is C22H25N5O2S. The molecule has 1 aromatic heterocycles. The molecular weight excluding hydrogens is 398 g/mol. The fraction of sp³-hybridized carbons (Fsp3) is 0.318. The number of hydrogen-bond donors (Lipinski definition) is 1. The van der Waals surface area contributed by atoms with Crippen LogP contribution in [0.15, 0.2) is 48.5 Å². The van der Waals surface area contributed by atoms with E-state index in [0.29, 0.717) is 23.7 Å². The summed E-state index contributed by atoms with van der Waals surface area (Å²) < 4.78 is 7.69. The molecule has 3 aromatic rings. The van der Waals surface area contributed by atoms with Gasteiger partial charge in [0.1, 0.15) is 12.3 Å². The number of aromatic amines is 1. The minimum atomic E-state index is 0.0422. The fourth-order valence-electron chi connectivity index (χ4n) is 3.71. The molecule has 7 nitrogen and oxygen atoms in total. The van der Waals surface area contributed by atoms with Gasteiger partial charge in [0.15, 0.2) is 10.6 Å². The van der Waals surface area contributed by atoms with Crippen LogP contribution in [0.4, 0.5) is 5.69 Å². The Hall–Kier alpha value is -3.13. The molecule has 1 fully saturated rings. The topological polar surface area (TPSA) is 66.4 Å². The molecule has 156 valence electrons. The molecule has 2 heterocycles. The second-order valence-corrected chi connectivity index (χ2v) is 7.73. The standard InChI is InChI=1S/C22H25N5O2S/c1-16-7-9-17(10-8-16)21-23-24-22(30)27(21)15-20(28)26-13-11-25(12-14-26)18-5-3-4-6-19(18)29-2/h3-10H,11-15H2,1-2H3,(H,24,30). The van der Waals surface area contributed by atoms with Crippen molar-refractivity contribution >= 4 is 23.8 Å². The van der Waals surface area contributed by atoms with E-state index in [4.69, 9.17) is 17.0 Å². The molecule has 0 radical (unpaired) electrons. The molecule has 0 bridgehead atoms. The average molecular weight is 424 g/mol. The largest absolute Gasteiger partial charge is 0.495 e. The maximum Gasteiger partial charge on any atom is 0.242 e. The molecule has 0 saturated carbocycles. The molecule has 30 heavy (non-hydrogen) atoms. The number of anilines is 1. The van der Waals surface area contributed by atoms with Crippen molar-refractivity contribution in [3.8, 4) is 17.1 Å². The van der Waals surface area contributed by atoms with Gasteiger partial charge in [-0.25, -0.2) is 0 Å². The zero-order chi connectivity index (χ0) is 21.1. The van der Waals surface area contributed by atoms with Crippen LogP contribution < -0.4 is 9.64 Å². The van der Waals surface area contributed by atoms with Gasteiger partial charge < -0.3 is 14.5 Å². The number of amides is 1. The number of nitrogens with one attached hydrogen (secondary N) is 1. The van der Waals surface area contributed by atoms with E-state index >= 15 is 0 Å². The van der Waals surface area contributed by atoms with Gasteiger partial charge in [-0.15, -0.1) is 0 Å². The van der Waals surface area contributed by atoms with Crippen LogP contribution in [-0.2, 0) is 11.3 Å². The summed E-state index contributed by atoms with van der Waals surface area (Å²) in [7, 11) is 1.68. The summed E-state index contributed by atoms with van der Waals surface area (Å²) in [5.74, 6) is 1.58. The first-order chi connectivity index (χ1) is 14.6. The van der Waals surface area contributed by atoms with Gasteiger partial charge in [-0.05, 0) is 31.3 Å². The van der Waals surface area contributed by atoms with Crippen molar-refractivity contribution in [3.63, 3.8) is 0 Å². The highest BCUT2D eigenvalue weighted by Gasteiger charge is 2.24. The van der Waals surface area contributed by atoms with Gasteiger partial charge >= 0.3 is 0 Å². The van der Waals surface area contributed by atoms with Crippen LogP contribution in [0.5, 0.6) is 5.75 Å². The quantitative estimate of drug-likeness (QED) is 0.638. The van der Waals surface area contributed by atoms with E-state index in [-0.39, 0.29) is 12.5 Å². The molecule has 0 unspecified atom stereocenters. The Morgan fingerprint density at radius 3 is 2.50 bits per heavy atom. The number of piperazine rings is 1. The van der Waals surface area contributed by atoms with Gasteiger partial charge in [0.2, 0.25) is 5.91 Å². The third-order valence-corrected chi connectivity index (χ3v) is 5.73. The van der Waals surface area contributed by atoms with E-state index in [9.17, 15) is 4.79 Å². The Morgan fingerprint density at radius 2 is 1.80 bits per heavy atom. The minimum absolute atomic E-state index is 0.0422. The Bertz CT molecular complexity index is 1080. The Balaban J connectivity index is 1.44. The van der Waals surface area contributed by atoms with Crippen LogP contribution in [0, 0.1) is 11.7 Å². The molecule has 8 heteroatoms. The smallest absolute Gasteiger partial charge is 0.242 e. The van der Waals surface area contributed by atoms with Crippen molar-refractivity contribution in [2.75, 3.05) is 38.2 Å². The number of nitrogens with zero attached hydrogens (tertiary/aromatic N) is 4. The summed E-state index contributed by atoms with van der Waals surface area (Å²) in [6, 6.07) is 16.0. The lowest BCUT2D eigenvalue weighted by molar-refractivity contribution is -0.132. The van der Waals surface area contributed by atoms with Crippen LogP contribution in [-0.4, -0.2) is 58.9 Å². The number of rotatable bonds is 5. The van der Waals surface area contributed by atoms with Crippen LogP contribution >= 0.6 is 12.2 Å². The number of para-hydroxylation sites is 2. The van der Waals surface area contributed by atoms with E-state index < -0.39 is 0 Å². The van der Waals surface area contributed by atoms with Crippen molar-refractivity contribution in [3.05, 3.63) is 58.9 Å². The number of aromatic nitrogens is 3. The Labute approximate surface area is 180 Å². The summed E-state index contributed by atoms with van der Waals surface area (Å²) in [5, 5.41) is 7.16. The van der Waals surface area contributed by atoms with Gasteiger partial charge in [-0.1, -0.05) is 42.0 Å². The van der Waals surface area contributed by atoms with Crippen molar-refractivity contribution < 1.29 is 9.53 Å². The lowest BCUT2D eigenvalue weighted by atomic mass is 10.1. The highest BCUT2D eigenvalue weighted by atomic mass is 32.1. The van der Waals surface area contributed by atoms with Crippen molar-refractivity contribution in [2.45, 2.75) is 13.5 Å². The molecule has 1 N–H and O–H groups in total. The highest BCUT2D eigenvalue weighted by molar-refractivity contribution is 7.71. The maximum atomic E-state index is 13.0. The number of H-pyrrole nitrogens is 1. The molecule has 0 aliphatic carbocycles. The zero-order valence-corrected chi connectivity index (χ0v) is 18.0. The van der Waals surface area contributed by atoms with Gasteiger partial charge in [-0.3, -0.25) is 14.5 Å². The van der Waals surface area contributed by atoms with Crippen LogP contribution in [0.25, 0.3) is 11.4 Å². The van der Waals surface area contributed by atoms with Gasteiger partial charge in [0, 0.05) is 31.7 Å². The number of carbonyl (C=O) groups is 1. The van der Waals surface area contributed by atoms with Gasteiger partial charge in [0.05, 0.1) is 12.8 Å². The van der Waals surface area contributed by atoms with Crippen LogP contribution in [0.2, 0.25) is 0 Å². The van der Waals surface area contributed by atoms with E-state index in [0.717, 1.165) is 30.1 Å². The lowest BCUT2D eigenvalue weighted by Crippen LogP contribution is -2.49. The molecule has 4 rings (SSSR count). The van der Waals surface area contributed by atoms with Gasteiger partial charge in [0.25, 0.3) is 0 Å². The normalized spacial score (nSPS) is 14.1. The number of aryl methyl sites for hydroxylation is 1. The monoisotopic (exact) mass is 423 g/mol. The number of carbonyl (C=O) groups excluding carboxylic acids is 1. The molecule has 1 saturated heterocycles. The van der Waals surface area contributed by atoms with Crippen LogP contribution in [0.3, 0.4) is 0 Å². The first-order valence-corrected chi connectivity index (χ1v) is 10.4. The van der Waals surface area contributed by atoms with Crippen LogP contribution in [0.1, 0.15) is 5.56 Å². The number of ether oxygens (including phenoxy) is 1. The minimum Gasteiger partial charge on any atom is -0.495 e. The maximum absolute atomic E-state index is 13.0. The Morgan fingerprint density at radius 1 is 1.10 bits per heavy atom. The van der Waals surface area contributed by atoms with Crippen molar-refractivity contribution in [1.82, 2.24) is 19.7 Å². The summed E-state index contributed by atoms with van der Waals surface area (Å²) in [5.41, 5.74) is 3.16.